The standard InChI is InChI=1S/C16H22N2O2/c1-3-18(16(19)13-7-8-13)12-14-6-5-10-17-15(14)9-11-20-4-2/h5-6,9-11,13H,3-4,7-8,12H2,1-2H3/b11-9-. The maximum Gasteiger partial charge on any atom is 0.225 e. The number of amides is 1. The molecule has 1 fully saturated rings. The van der Waals surface area contributed by atoms with E-state index in [2.05, 4.69) is 4.98 Å². The van der Waals surface area contributed by atoms with Crippen molar-refractivity contribution in [3.8, 4) is 0 Å². The van der Waals surface area contributed by atoms with Crippen LogP contribution in [-0.4, -0.2) is 28.9 Å². The molecule has 0 aromatic carbocycles. The van der Waals surface area contributed by atoms with Crippen LogP contribution < -0.4 is 0 Å². The van der Waals surface area contributed by atoms with Gasteiger partial charge < -0.3 is 9.64 Å². The van der Waals surface area contributed by atoms with Crippen LogP contribution in [0.2, 0.25) is 0 Å². The molecule has 0 N–H and O–H groups in total. The van der Waals surface area contributed by atoms with E-state index in [0.29, 0.717) is 13.2 Å². The minimum absolute atomic E-state index is 0.258. The molecule has 1 saturated carbocycles. The molecular weight excluding hydrogens is 252 g/mol. The van der Waals surface area contributed by atoms with Gasteiger partial charge in [0, 0.05) is 25.2 Å². The van der Waals surface area contributed by atoms with Crippen LogP contribution in [0, 0.1) is 5.92 Å². The minimum atomic E-state index is 0.258. The van der Waals surface area contributed by atoms with Crippen molar-refractivity contribution in [2.45, 2.75) is 33.2 Å². The van der Waals surface area contributed by atoms with Crippen LogP contribution in [-0.2, 0) is 16.1 Å². The second-order valence-corrected chi connectivity index (χ2v) is 4.93. The lowest BCUT2D eigenvalue weighted by atomic mass is 10.1. The summed E-state index contributed by atoms with van der Waals surface area (Å²) < 4.78 is 5.22. The fraction of sp³-hybridized carbons (Fsp3) is 0.500. The molecule has 1 heterocycles. The van der Waals surface area contributed by atoms with Crippen LogP contribution in [0.1, 0.15) is 37.9 Å². The summed E-state index contributed by atoms with van der Waals surface area (Å²) in [7, 11) is 0. The van der Waals surface area contributed by atoms with E-state index in [1.807, 2.05) is 37.0 Å². The lowest BCUT2D eigenvalue weighted by Gasteiger charge is -2.21. The highest BCUT2D eigenvalue weighted by atomic mass is 16.5. The van der Waals surface area contributed by atoms with E-state index in [1.54, 1.807) is 12.5 Å². The number of nitrogens with zero attached hydrogens (tertiary/aromatic N) is 2. The van der Waals surface area contributed by atoms with Gasteiger partial charge in [0.2, 0.25) is 5.91 Å². The van der Waals surface area contributed by atoms with Crippen molar-refractivity contribution in [2.24, 2.45) is 5.92 Å². The van der Waals surface area contributed by atoms with Crippen LogP contribution >= 0.6 is 0 Å². The molecule has 0 unspecified atom stereocenters. The van der Waals surface area contributed by atoms with Gasteiger partial charge in [-0.15, -0.1) is 0 Å². The smallest absolute Gasteiger partial charge is 0.225 e. The third-order valence-electron chi connectivity index (χ3n) is 3.40. The summed E-state index contributed by atoms with van der Waals surface area (Å²) in [6.45, 7) is 5.95. The van der Waals surface area contributed by atoms with Crippen molar-refractivity contribution in [1.82, 2.24) is 9.88 Å². The molecule has 1 aromatic heterocycles. The van der Waals surface area contributed by atoms with Gasteiger partial charge in [0.05, 0.1) is 18.6 Å². The number of ether oxygens (including phenoxy) is 1. The Labute approximate surface area is 120 Å². The van der Waals surface area contributed by atoms with Gasteiger partial charge in [0.25, 0.3) is 0 Å². The molecule has 0 aliphatic heterocycles. The number of hydrogen-bond donors (Lipinski definition) is 0. The summed E-state index contributed by atoms with van der Waals surface area (Å²) in [5, 5.41) is 0. The SMILES string of the molecule is CCO/C=C\c1ncccc1CN(CC)C(=O)C1CC1. The molecule has 1 aromatic rings. The van der Waals surface area contributed by atoms with Crippen LogP contribution in [0.25, 0.3) is 6.08 Å². The highest BCUT2D eigenvalue weighted by molar-refractivity contribution is 5.81. The molecule has 0 bridgehead atoms. The topological polar surface area (TPSA) is 42.4 Å². The molecular formula is C16H22N2O2. The number of rotatable bonds is 7. The quantitative estimate of drug-likeness (QED) is 0.718. The first-order chi connectivity index (χ1) is 9.76. The Hall–Kier alpha value is -1.84. The fourth-order valence-corrected chi connectivity index (χ4v) is 2.08. The Morgan fingerprint density at radius 3 is 2.95 bits per heavy atom. The maximum atomic E-state index is 12.2. The second kappa shape index (κ2) is 7.08. The van der Waals surface area contributed by atoms with E-state index in [1.165, 1.54) is 0 Å². The molecule has 4 nitrogen and oxygen atoms in total. The van der Waals surface area contributed by atoms with Crippen LogP contribution in [0.4, 0.5) is 0 Å². The number of hydrogen-bond acceptors (Lipinski definition) is 3. The van der Waals surface area contributed by atoms with Gasteiger partial charge in [0.15, 0.2) is 0 Å². The summed E-state index contributed by atoms with van der Waals surface area (Å²) in [6, 6.07) is 3.92. The van der Waals surface area contributed by atoms with Crippen LogP contribution in [0.15, 0.2) is 24.6 Å². The average molecular weight is 274 g/mol. The zero-order chi connectivity index (χ0) is 14.4. The number of carbonyl (C=O) groups is 1. The molecule has 1 amide bonds. The second-order valence-electron chi connectivity index (χ2n) is 4.93. The van der Waals surface area contributed by atoms with Crippen LogP contribution in [0.5, 0.6) is 0 Å². The predicted octanol–water partition coefficient (Wildman–Crippen LogP) is 2.85. The first kappa shape index (κ1) is 14.6. The molecule has 2 rings (SSSR count). The summed E-state index contributed by atoms with van der Waals surface area (Å²) in [5.74, 6) is 0.533. The third kappa shape index (κ3) is 3.83. The van der Waals surface area contributed by atoms with Gasteiger partial charge in [-0.25, -0.2) is 0 Å². The Balaban J connectivity index is 2.08. The van der Waals surface area contributed by atoms with Crippen LogP contribution in [0.3, 0.4) is 0 Å². The van der Waals surface area contributed by atoms with Gasteiger partial charge >= 0.3 is 0 Å². The van der Waals surface area contributed by atoms with E-state index in [-0.39, 0.29) is 11.8 Å². The molecule has 20 heavy (non-hydrogen) atoms. The Kier molecular flexibility index (Phi) is 5.16. The van der Waals surface area contributed by atoms with Gasteiger partial charge in [-0.3, -0.25) is 9.78 Å². The average Bonchev–Trinajstić information content (AvgIpc) is 3.30. The predicted molar refractivity (Wildman–Crippen MR) is 78.7 cm³/mol. The zero-order valence-electron chi connectivity index (χ0n) is 12.2. The van der Waals surface area contributed by atoms with E-state index in [9.17, 15) is 4.79 Å². The monoisotopic (exact) mass is 274 g/mol. The largest absolute Gasteiger partial charge is 0.501 e. The fourth-order valence-electron chi connectivity index (χ4n) is 2.08. The highest BCUT2D eigenvalue weighted by Gasteiger charge is 2.32. The molecule has 108 valence electrons. The van der Waals surface area contributed by atoms with Gasteiger partial charge in [0.1, 0.15) is 0 Å². The van der Waals surface area contributed by atoms with Crippen molar-refractivity contribution in [2.75, 3.05) is 13.2 Å². The summed E-state index contributed by atoms with van der Waals surface area (Å²) in [5.41, 5.74) is 1.92. The Bertz CT molecular complexity index is 481. The van der Waals surface area contributed by atoms with E-state index in [4.69, 9.17) is 4.74 Å². The lowest BCUT2D eigenvalue weighted by Crippen LogP contribution is -2.31. The van der Waals surface area contributed by atoms with Crippen molar-refractivity contribution in [1.29, 1.82) is 0 Å². The molecule has 0 saturated heterocycles. The van der Waals surface area contributed by atoms with E-state index in [0.717, 1.165) is 30.6 Å². The summed E-state index contributed by atoms with van der Waals surface area (Å²) >= 11 is 0. The lowest BCUT2D eigenvalue weighted by molar-refractivity contribution is -0.132. The number of aromatic nitrogens is 1. The molecule has 4 heteroatoms. The first-order valence-electron chi connectivity index (χ1n) is 7.27. The van der Waals surface area contributed by atoms with Crippen molar-refractivity contribution in [3.63, 3.8) is 0 Å². The molecule has 1 aliphatic rings. The molecule has 1 aliphatic carbocycles. The number of pyridine rings is 1. The van der Waals surface area contributed by atoms with Crippen molar-refractivity contribution >= 4 is 12.0 Å². The summed E-state index contributed by atoms with van der Waals surface area (Å²) in [6.07, 6.45) is 7.35. The minimum Gasteiger partial charge on any atom is -0.501 e. The molecule has 0 spiro atoms. The highest BCUT2D eigenvalue weighted by Crippen LogP contribution is 2.31. The normalized spacial score (nSPS) is 14.5. The zero-order valence-corrected chi connectivity index (χ0v) is 12.2. The van der Waals surface area contributed by atoms with Gasteiger partial charge in [-0.1, -0.05) is 6.07 Å². The third-order valence-corrected chi connectivity index (χ3v) is 3.40. The van der Waals surface area contributed by atoms with Crippen molar-refractivity contribution in [3.05, 3.63) is 35.8 Å². The first-order valence-corrected chi connectivity index (χ1v) is 7.27. The van der Waals surface area contributed by atoms with E-state index >= 15 is 0 Å². The Morgan fingerprint density at radius 2 is 2.30 bits per heavy atom. The maximum absolute atomic E-state index is 12.2. The van der Waals surface area contributed by atoms with E-state index < -0.39 is 0 Å². The number of carbonyl (C=O) groups excluding carboxylic acids is 1. The van der Waals surface area contributed by atoms with Gasteiger partial charge in [-0.05, 0) is 44.4 Å². The summed E-state index contributed by atoms with van der Waals surface area (Å²) in [4.78, 5) is 18.4. The Morgan fingerprint density at radius 1 is 1.50 bits per heavy atom. The molecule has 0 radical (unpaired) electrons. The molecule has 0 atom stereocenters. The van der Waals surface area contributed by atoms with Gasteiger partial charge in [-0.2, -0.15) is 0 Å². The van der Waals surface area contributed by atoms with Crippen molar-refractivity contribution < 1.29 is 9.53 Å².